The van der Waals surface area contributed by atoms with Crippen LogP contribution in [0.2, 0.25) is 0 Å². The summed E-state index contributed by atoms with van der Waals surface area (Å²) >= 11 is 0. The van der Waals surface area contributed by atoms with E-state index in [1.165, 1.54) is 0 Å². The SMILES string of the molecule is CN1C(=O)Cc2cc(C(=O)COC(=O)c3c[nH]c4ccccc34)ccc21. The molecule has 0 radical (unpaired) electrons. The fourth-order valence-corrected chi connectivity index (χ4v) is 3.18. The molecule has 1 aliphatic heterocycles. The molecular formula is C20H16N2O4. The highest BCUT2D eigenvalue weighted by Gasteiger charge is 2.25. The maximum atomic E-state index is 12.4. The summed E-state index contributed by atoms with van der Waals surface area (Å²) in [5.74, 6) is -0.856. The number of para-hydroxylation sites is 1. The third-order valence-corrected chi connectivity index (χ3v) is 4.62. The van der Waals surface area contributed by atoms with E-state index in [1.807, 2.05) is 24.3 Å². The molecule has 0 saturated carbocycles. The van der Waals surface area contributed by atoms with Gasteiger partial charge in [0.25, 0.3) is 0 Å². The fourth-order valence-electron chi connectivity index (χ4n) is 3.18. The number of benzene rings is 2. The van der Waals surface area contributed by atoms with Gasteiger partial charge in [-0.15, -0.1) is 0 Å². The molecule has 1 aliphatic rings. The average molecular weight is 348 g/mol. The Balaban J connectivity index is 1.47. The number of rotatable bonds is 4. The molecule has 1 amide bonds. The van der Waals surface area contributed by atoms with Crippen LogP contribution in [0.3, 0.4) is 0 Å². The van der Waals surface area contributed by atoms with Gasteiger partial charge in [0.15, 0.2) is 12.4 Å². The van der Waals surface area contributed by atoms with E-state index in [0.717, 1.165) is 22.2 Å². The summed E-state index contributed by atoms with van der Waals surface area (Å²) in [7, 11) is 1.71. The number of hydrogen-bond acceptors (Lipinski definition) is 4. The van der Waals surface area contributed by atoms with Crippen molar-refractivity contribution in [2.75, 3.05) is 18.6 Å². The molecule has 0 spiro atoms. The summed E-state index contributed by atoms with van der Waals surface area (Å²) in [5.41, 5.74) is 3.28. The molecule has 130 valence electrons. The quantitative estimate of drug-likeness (QED) is 0.581. The van der Waals surface area contributed by atoms with Crippen LogP contribution >= 0.6 is 0 Å². The molecule has 0 saturated heterocycles. The lowest BCUT2D eigenvalue weighted by atomic mass is 10.1. The average Bonchev–Trinajstić information content (AvgIpc) is 3.20. The Kier molecular flexibility index (Phi) is 3.80. The number of fused-ring (bicyclic) bond motifs is 2. The van der Waals surface area contributed by atoms with E-state index in [0.29, 0.717) is 11.1 Å². The minimum Gasteiger partial charge on any atom is -0.454 e. The number of likely N-dealkylation sites (N-methyl/N-ethyl adjacent to an activating group) is 1. The lowest BCUT2D eigenvalue weighted by Crippen LogP contribution is -2.20. The predicted molar refractivity (Wildman–Crippen MR) is 96.5 cm³/mol. The second-order valence-electron chi connectivity index (χ2n) is 6.22. The van der Waals surface area contributed by atoms with Crippen molar-refractivity contribution < 1.29 is 19.1 Å². The van der Waals surface area contributed by atoms with E-state index in [1.54, 1.807) is 36.3 Å². The number of Topliss-reactive ketones (excluding diaryl/α,β-unsaturated/α-hetero) is 1. The third-order valence-electron chi connectivity index (χ3n) is 4.62. The zero-order chi connectivity index (χ0) is 18.3. The highest BCUT2D eigenvalue weighted by Crippen LogP contribution is 2.28. The van der Waals surface area contributed by atoms with Crippen molar-refractivity contribution in [3.05, 3.63) is 65.4 Å². The number of hydrogen-bond donors (Lipinski definition) is 1. The molecule has 6 nitrogen and oxygen atoms in total. The summed E-state index contributed by atoms with van der Waals surface area (Å²) in [6.07, 6.45) is 1.86. The number of aromatic nitrogens is 1. The van der Waals surface area contributed by atoms with Gasteiger partial charge in [0.05, 0.1) is 12.0 Å². The minimum absolute atomic E-state index is 0.00429. The van der Waals surface area contributed by atoms with Crippen LogP contribution in [-0.2, 0) is 16.0 Å². The van der Waals surface area contributed by atoms with Crippen molar-refractivity contribution in [3.8, 4) is 0 Å². The third kappa shape index (κ3) is 2.65. The highest BCUT2D eigenvalue weighted by atomic mass is 16.5. The summed E-state index contributed by atoms with van der Waals surface area (Å²) in [4.78, 5) is 41.0. The maximum absolute atomic E-state index is 12.4. The number of nitrogens with zero attached hydrogens (tertiary/aromatic N) is 1. The number of carbonyl (C=O) groups excluding carboxylic acids is 3. The molecule has 1 N–H and O–H groups in total. The Hall–Kier alpha value is -3.41. The Morgan fingerprint density at radius 1 is 1.19 bits per heavy atom. The van der Waals surface area contributed by atoms with Gasteiger partial charge >= 0.3 is 5.97 Å². The lowest BCUT2D eigenvalue weighted by molar-refractivity contribution is -0.117. The van der Waals surface area contributed by atoms with Crippen molar-refractivity contribution in [2.45, 2.75) is 6.42 Å². The molecule has 0 aliphatic carbocycles. The fraction of sp³-hybridized carbons (Fsp3) is 0.150. The second kappa shape index (κ2) is 6.15. The van der Waals surface area contributed by atoms with Gasteiger partial charge in [-0.2, -0.15) is 0 Å². The maximum Gasteiger partial charge on any atom is 0.340 e. The molecule has 2 heterocycles. The number of anilines is 1. The molecule has 0 bridgehead atoms. The van der Waals surface area contributed by atoms with Gasteiger partial charge in [0.2, 0.25) is 5.91 Å². The molecule has 1 aromatic heterocycles. The molecule has 0 unspecified atom stereocenters. The first-order valence-corrected chi connectivity index (χ1v) is 8.20. The number of ketones is 1. The van der Waals surface area contributed by atoms with Crippen molar-refractivity contribution >= 4 is 34.3 Å². The first-order chi connectivity index (χ1) is 12.5. The van der Waals surface area contributed by atoms with Crippen LogP contribution in [0.25, 0.3) is 10.9 Å². The number of esters is 1. The molecule has 0 atom stereocenters. The Morgan fingerprint density at radius 2 is 2.00 bits per heavy atom. The lowest BCUT2D eigenvalue weighted by Gasteiger charge is -2.10. The van der Waals surface area contributed by atoms with Crippen LogP contribution in [0.15, 0.2) is 48.7 Å². The minimum atomic E-state index is -0.549. The van der Waals surface area contributed by atoms with E-state index in [2.05, 4.69) is 4.98 Å². The van der Waals surface area contributed by atoms with Crippen molar-refractivity contribution in [3.63, 3.8) is 0 Å². The number of aromatic amines is 1. The van der Waals surface area contributed by atoms with Gasteiger partial charge in [-0.05, 0) is 29.8 Å². The van der Waals surface area contributed by atoms with E-state index in [-0.39, 0.29) is 24.7 Å². The first kappa shape index (κ1) is 16.1. The Morgan fingerprint density at radius 3 is 2.85 bits per heavy atom. The summed E-state index contributed by atoms with van der Waals surface area (Å²) < 4.78 is 5.19. The standard InChI is InChI=1S/C20H16N2O4/c1-22-17-7-6-12(8-13(17)9-19(22)24)18(23)11-26-20(25)15-10-21-16-5-3-2-4-14(15)16/h2-8,10,21H,9,11H2,1H3. The second-order valence-corrected chi connectivity index (χ2v) is 6.22. The largest absolute Gasteiger partial charge is 0.454 e. The number of H-pyrrole nitrogens is 1. The van der Waals surface area contributed by atoms with Gasteiger partial charge in [-0.3, -0.25) is 9.59 Å². The summed E-state index contributed by atoms with van der Waals surface area (Å²) in [6.45, 7) is -0.346. The first-order valence-electron chi connectivity index (χ1n) is 8.20. The van der Waals surface area contributed by atoms with Gasteiger partial charge in [0, 0.05) is 35.4 Å². The van der Waals surface area contributed by atoms with E-state index >= 15 is 0 Å². The van der Waals surface area contributed by atoms with Crippen molar-refractivity contribution in [1.29, 1.82) is 0 Å². The molecular weight excluding hydrogens is 332 g/mol. The molecule has 3 aromatic rings. The highest BCUT2D eigenvalue weighted by molar-refractivity contribution is 6.06. The van der Waals surface area contributed by atoms with Crippen LogP contribution in [0, 0.1) is 0 Å². The number of carbonyl (C=O) groups is 3. The summed E-state index contributed by atoms with van der Waals surface area (Å²) in [5, 5.41) is 0.754. The van der Waals surface area contributed by atoms with E-state index in [4.69, 9.17) is 4.74 Å². The van der Waals surface area contributed by atoms with E-state index < -0.39 is 5.97 Å². The Labute approximate surface area is 149 Å². The van der Waals surface area contributed by atoms with Gasteiger partial charge in [-0.1, -0.05) is 18.2 Å². The van der Waals surface area contributed by atoms with Crippen LogP contribution in [0.5, 0.6) is 0 Å². The number of ether oxygens (including phenoxy) is 1. The molecule has 26 heavy (non-hydrogen) atoms. The van der Waals surface area contributed by atoms with Crippen LogP contribution < -0.4 is 4.90 Å². The van der Waals surface area contributed by atoms with Crippen LogP contribution in [0.1, 0.15) is 26.3 Å². The van der Waals surface area contributed by atoms with Crippen molar-refractivity contribution in [2.24, 2.45) is 0 Å². The van der Waals surface area contributed by atoms with Gasteiger partial charge < -0.3 is 14.6 Å². The monoisotopic (exact) mass is 348 g/mol. The Bertz CT molecular complexity index is 1050. The molecule has 0 fully saturated rings. The van der Waals surface area contributed by atoms with Gasteiger partial charge in [-0.25, -0.2) is 4.79 Å². The zero-order valence-electron chi connectivity index (χ0n) is 14.1. The number of amides is 1. The number of nitrogens with one attached hydrogen (secondary N) is 1. The smallest absolute Gasteiger partial charge is 0.340 e. The van der Waals surface area contributed by atoms with Crippen molar-refractivity contribution in [1.82, 2.24) is 4.98 Å². The van der Waals surface area contributed by atoms with Crippen LogP contribution in [-0.4, -0.2) is 36.3 Å². The predicted octanol–water partition coefficient (Wildman–Crippen LogP) is 2.73. The molecule has 6 heteroatoms. The van der Waals surface area contributed by atoms with Crippen LogP contribution in [0.4, 0.5) is 5.69 Å². The van der Waals surface area contributed by atoms with Gasteiger partial charge in [0.1, 0.15) is 0 Å². The summed E-state index contributed by atoms with van der Waals surface area (Å²) in [6, 6.07) is 12.5. The normalized spacial score (nSPS) is 13.1. The molecule has 4 rings (SSSR count). The van der Waals surface area contributed by atoms with E-state index in [9.17, 15) is 14.4 Å². The molecule has 2 aromatic carbocycles. The topological polar surface area (TPSA) is 79.5 Å². The zero-order valence-corrected chi connectivity index (χ0v) is 14.1.